The summed E-state index contributed by atoms with van der Waals surface area (Å²) in [7, 11) is 1.88. The lowest BCUT2D eigenvalue weighted by atomic mass is 10.3. The van der Waals surface area contributed by atoms with Gasteiger partial charge in [0.1, 0.15) is 0 Å². The maximum Gasteiger partial charge on any atom is 0.250 e. The van der Waals surface area contributed by atoms with Gasteiger partial charge in [0.15, 0.2) is 0 Å². The fraction of sp³-hybridized carbons (Fsp3) is 0.538. The van der Waals surface area contributed by atoms with Gasteiger partial charge in [-0.15, -0.1) is 0 Å². The second-order valence-corrected chi connectivity index (χ2v) is 4.21. The number of aryl methyl sites for hydroxylation is 1. The quantitative estimate of drug-likeness (QED) is 0.684. The molecule has 0 atom stereocenters. The molecule has 100 valence electrons. The highest BCUT2D eigenvalue weighted by Gasteiger charge is 2.03. The first-order valence-corrected chi connectivity index (χ1v) is 6.23. The molecule has 18 heavy (non-hydrogen) atoms. The average Bonchev–Trinajstić information content (AvgIpc) is 2.34. The normalized spacial score (nSPS) is 10.3. The van der Waals surface area contributed by atoms with Crippen LogP contribution in [-0.2, 0) is 11.3 Å². The summed E-state index contributed by atoms with van der Waals surface area (Å²) in [5, 5.41) is 5.85. The predicted molar refractivity (Wildman–Crippen MR) is 71.6 cm³/mol. The summed E-state index contributed by atoms with van der Waals surface area (Å²) in [6.07, 6.45) is 1.25. The van der Waals surface area contributed by atoms with E-state index in [-0.39, 0.29) is 11.5 Å². The Hall–Kier alpha value is -1.62. The molecule has 1 rings (SSSR count). The van der Waals surface area contributed by atoms with Crippen molar-refractivity contribution < 1.29 is 4.79 Å². The van der Waals surface area contributed by atoms with Crippen LogP contribution in [-0.4, -0.2) is 30.6 Å². The summed E-state index contributed by atoms with van der Waals surface area (Å²) in [5.74, 6) is -0.0127. The second kappa shape index (κ2) is 7.66. The number of hydrogen-bond acceptors (Lipinski definition) is 3. The van der Waals surface area contributed by atoms with Crippen LogP contribution < -0.4 is 16.2 Å². The molecule has 1 heterocycles. The van der Waals surface area contributed by atoms with Gasteiger partial charge < -0.3 is 15.2 Å². The van der Waals surface area contributed by atoms with Crippen molar-refractivity contribution in [3.05, 3.63) is 34.2 Å². The summed E-state index contributed by atoms with van der Waals surface area (Å²) in [6.45, 7) is 3.86. The Bertz CT molecular complexity index is 440. The third kappa shape index (κ3) is 4.71. The van der Waals surface area contributed by atoms with Crippen LogP contribution in [0.15, 0.2) is 23.0 Å². The minimum atomic E-state index is -0.0574. The lowest BCUT2D eigenvalue weighted by Gasteiger charge is -2.09. The van der Waals surface area contributed by atoms with Gasteiger partial charge in [-0.05, 0) is 33.0 Å². The van der Waals surface area contributed by atoms with Gasteiger partial charge in [-0.25, -0.2) is 0 Å². The van der Waals surface area contributed by atoms with Crippen molar-refractivity contribution in [1.82, 2.24) is 15.2 Å². The molecule has 0 aliphatic heterocycles. The maximum atomic E-state index is 11.6. The first-order valence-electron chi connectivity index (χ1n) is 6.23. The van der Waals surface area contributed by atoms with Crippen LogP contribution in [0.1, 0.15) is 18.5 Å². The molecule has 2 N–H and O–H groups in total. The fourth-order valence-corrected chi connectivity index (χ4v) is 1.70. The van der Waals surface area contributed by atoms with E-state index in [4.69, 9.17) is 0 Å². The Morgan fingerprint density at radius 1 is 1.33 bits per heavy atom. The second-order valence-electron chi connectivity index (χ2n) is 4.21. The number of carbonyl (C=O) groups excluding carboxylic acids is 1. The average molecular weight is 251 g/mol. The van der Waals surface area contributed by atoms with E-state index in [9.17, 15) is 9.59 Å². The molecule has 0 saturated heterocycles. The Labute approximate surface area is 107 Å². The smallest absolute Gasteiger partial charge is 0.250 e. The molecular formula is C13H21N3O2. The van der Waals surface area contributed by atoms with E-state index in [0.29, 0.717) is 19.5 Å². The standard InChI is InChI=1S/C13H21N3O2/c1-11-5-3-6-13(18)16(11)10-7-12(17)15-9-4-8-14-2/h3,5-6,14H,4,7-10H2,1-2H3,(H,15,17). The number of hydrogen-bond donors (Lipinski definition) is 2. The van der Waals surface area contributed by atoms with Crippen LogP contribution >= 0.6 is 0 Å². The Balaban J connectivity index is 2.36. The highest BCUT2D eigenvalue weighted by Crippen LogP contribution is 1.95. The van der Waals surface area contributed by atoms with Crippen molar-refractivity contribution in [3.63, 3.8) is 0 Å². The summed E-state index contributed by atoms with van der Waals surface area (Å²) in [4.78, 5) is 23.1. The van der Waals surface area contributed by atoms with E-state index in [1.165, 1.54) is 6.07 Å². The van der Waals surface area contributed by atoms with Gasteiger partial charge in [-0.1, -0.05) is 6.07 Å². The SMILES string of the molecule is CNCCCNC(=O)CCn1c(C)cccc1=O. The van der Waals surface area contributed by atoms with Crippen molar-refractivity contribution in [3.8, 4) is 0 Å². The maximum absolute atomic E-state index is 11.6. The minimum Gasteiger partial charge on any atom is -0.356 e. The van der Waals surface area contributed by atoms with Gasteiger partial charge in [-0.3, -0.25) is 9.59 Å². The summed E-state index contributed by atoms with van der Waals surface area (Å²) >= 11 is 0. The highest BCUT2D eigenvalue weighted by atomic mass is 16.1. The van der Waals surface area contributed by atoms with Crippen LogP contribution in [0, 0.1) is 6.92 Å². The molecule has 1 aromatic heterocycles. The number of pyridine rings is 1. The molecule has 0 saturated carbocycles. The van der Waals surface area contributed by atoms with E-state index in [1.54, 1.807) is 10.6 Å². The molecule has 0 fully saturated rings. The minimum absolute atomic E-state index is 0.0127. The lowest BCUT2D eigenvalue weighted by Crippen LogP contribution is -2.29. The molecular weight excluding hydrogens is 230 g/mol. The fourth-order valence-electron chi connectivity index (χ4n) is 1.70. The third-order valence-corrected chi connectivity index (χ3v) is 2.76. The summed E-state index contributed by atoms with van der Waals surface area (Å²) < 4.78 is 1.62. The number of nitrogens with zero attached hydrogens (tertiary/aromatic N) is 1. The third-order valence-electron chi connectivity index (χ3n) is 2.76. The largest absolute Gasteiger partial charge is 0.356 e. The number of nitrogens with one attached hydrogen (secondary N) is 2. The molecule has 0 unspecified atom stereocenters. The zero-order valence-corrected chi connectivity index (χ0v) is 11.0. The predicted octanol–water partition coefficient (Wildman–Crippen LogP) is 0.273. The van der Waals surface area contributed by atoms with Crippen molar-refractivity contribution in [2.75, 3.05) is 20.1 Å². The van der Waals surface area contributed by atoms with E-state index >= 15 is 0 Å². The van der Waals surface area contributed by atoms with Gasteiger partial charge in [-0.2, -0.15) is 0 Å². The Kier molecular flexibility index (Phi) is 6.14. The van der Waals surface area contributed by atoms with E-state index < -0.39 is 0 Å². The summed E-state index contributed by atoms with van der Waals surface area (Å²) in [5.41, 5.74) is 0.823. The van der Waals surface area contributed by atoms with Crippen LogP contribution in [0.3, 0.4) is 0 Å². The van der Waals surface area contributed by atoms with Gasteiger partial charge >= 0.3 is 0 Å². The van der Waals surface area contributed by atoms with Gasteiger partial charge in [0.05, 0.1) is 0 Å². The molecule has 0 spiro atoms. The first-order chi connectivity index (χ1) is 8.65. The Morgan fingerprint density at radius 3 is 2.78 bits per heavy atom. The first kappa shape index (κ1) is 14.4. The monoisotopic (exact) mass is 251 g/mol. The number of carbonyl (C=O) groups is 1. The van der Waals surface area contributed by atoms with E-state index in [2.05, 4.69) is 10.6 Å². The highest BCUT2D eigenvalue weighted by molar-refractivity contribution is 5.75. The van der Waals surface area contributed by atoms with Crippen molar-refractivity contribution in [2.45, 2.75) is 26.3 Å². The van der Waals surface area contributed by atoms with Crippen LogP contribution in [0.5, 0.6) is 0 Å². The lowest BCUT2D eigenvalue weighted by molar-refractivity contribution is -0.121. The molecule has 0 radical (unpaired) electrons. The molecule has 5 heteroatoms. The summed E-state index contributed by atoms with van der Waals surface area (Å²) in [6, 6.07) is 5.11. The molecule has 1 aromatic rings. The molecule has 0 aliphatic rings. The molecule has 0 aliphatic carbocycles. The van der Waals surface area contributed by atoms with Gasteiger partial charge in [0, 0.05) is 31.3 Å². The van der Waals surface area contributed by atoms with Crippen LogP contribution in [0.25, 0.3) is 0 Å². The topological polar surface area (TPSA) is 63.1 Å². The number of rotatable bonds is 7. The zero-order chi connectivity index (χ0) is 13.4. The molecule has 0 aromatic carbocycles. The molecule has 5 nitrogen and oxygen atoms in total. The van der Waals surface area contributed by atoms with Crippen LogP contribution in [0.4, 0.5) is 0 Å². The van der Waals surface area contributed by atoms with E-state index in [1.807, 2.05) is 20.0 Å². The molecule has 1 amide bonds. The van der Waals surface area contributed by atoms with Gasteiger partial charge in [0.25, 0.3) is 5.56 Å². The number of amides is 1. The zero-order valence-electron chi connectivity index (χ0n) is 11.0. The van der Waals surface area contributed by atoms with Crippen molar-refractivity contribution in [1.29, 1.82) is 0 Å². The van der Waals surface area contributed by atoms with Crippen LogP contribution in [0.2, 0.25) is 0 Å². The Morgan fingerprint density at radius 2 is 2.11 bits per heavy atom. The van der Waals surface area contributed by atoms with E-state index in [0.717, 1.165) is 18.7 Å². The van der Waals surface area contributed by atoms with Crippen molar-refractivity contribution >= 4 is 5.91 Å². The molecule has 0 bridgehead atoms. The van der Waals surface area contributed by atoms with Crippen molar-refractivity contribution in [2.24, 2.45) is 0 Å². The van der Waals surface area contributed by atoms with Gasteiger partial charge in [0.2, 0.25) is 5.91 Å². The number of aromatic nitrogens is 1.